The number of anilines is 2. The summed E-state index contributed by atoms with van der Waals surface area (Å²) in [4.78, 5) is 16.0. The number of rotatable bonds is 4. The number of nitrogens with one attached hydrogen (secondary N) is 2. The molecule has 0 radical (unpaired) electrons. The first kappa shape index (κ1) is 11.6. The highest BCUT2D eigenvalue weighted by molar-refractivity contribution is 7.08. The van der Waals surface area contributed by atoms with Gasteiger partial charge in [-0.15, -0.1) is 0 Å². The average molecular weight is 247 g/mol. The van der Waals surface area contributed by atoms with Gasteiger partial charge in [0.1, 0.15) is 0 Å². The Balaban J connectivity index is 2.18. The third-order valence-electron chi connectivity index (χ3n) is 2.21. The highest BCUT2D eigenvalue weighted by Gasteiger charge is 2.11. The molecule has 0 unspecified atom stereocenters. The quantitative estimate of drug-likeness (QED) is 0.873. The predicted molar refractivity (Wildman–Crippen MR) is 70.7 cm³/mol. The van der Waals surface area contributed by atoms with Gasteiger partial charge in [0, 0.05) is 24.3 Å². The van der Waals surface area contributed by atoms with Gasteiger partial charge in [0.2, 0.25) is 0 Å². The Kier molecular flexibility index (Phi) is 3.72. The Hall–Kier alpha value is -1.88. The zero-order valence-electron chi connectivity index (χ0n) is 9.43. The molecule has 2 aromatic rings. The van der Waals surface area contributed by atoms with E-state index in [0.717, 1.165) is 17.9 Å². The van der Waals surface area contributed by atoms with Crippen LogP contribution >= 0.6 is 11.3 Å². The van der Waals surface area contributed by atoms with E-state index in [-0.39, 0.29) is 5.91 Å². The third-order valence-corrected chi connectivity index (χ3v) is 2.90. The zero-order valence-corrected chi connectivity index (χ0v) is 10.3. The maximum absolute atomic E-state index is 12.0. The van der Waals surface area contributed by atoms with Gasteiger partial charge in [0.15, 0.2) is 0 Å². The second kappa shape index (κ2) is 5.45. The number of hydrogen-bond donors (Lipinski definition) is 2. The van der Waals surface area contributed by atoms with Crippen LogP contribution in [0.1, 0.15) is 17.3 Å². The molecule has 0 saturated carbocycles. The summed E-state index contributed by atoms with van der Waals surface area (Å²) in [6, 6.07) is 3.66. The molecule has 17 heavy (non-hydrogen) atoms. The Morgan fingerprint density at radius 1 is 1.47 bits per heavy atom. The fourth-order valence-corrected chi connectivity index (χ4v) is 2.04. The minimum absolute atomic E-state index is 0.146. The Bertz CT molecular complexity index is 496. The molecule has 0 aliphatic carbocycles. The number of aromatic nitrogens is 1. The minimum Gasteiger partial charge on any atom is -0.385 e. The van der Waals surface area contributed by atoms with Crippen molar-refractivity contribution in [3.63, 3.8) is 0 Å². The van der Waals surface area contributed by atoms with Crippen LogP contribution in [0.25, 0.3) is 0 Å². The summed E-state index contributed by atoms with van der Waals surface area (Å²) >= 11 is 1.55. The molecule has 5 heteroatoms. The number of pyridine rings is 1. The molecule has 4 nitrogen and oxygen atoms in total. The molecule has 0 atom stereocenters. The van der Waals surface area contributed by atoms with Gasteiger partial charge in [-0.2, -0.15) is 11.3 Å². The summed E-state index contributed by atoms with van der Waals surface area (Å²) in [6.45, 7) is 2.75. The van der Waals surface area contributed by atoms with Crippen LogP contribution < -0.4 is 10.6 Å². The van der Waals surface area contributed by atoms with Crippen LogP contribution in [0.4, 0.5) is 11.4 Å². The van der Waals surface area contributed by atoms with Crippen molar-refractivity contribution in [2.45, 2.75) is 6.92 Å². The van der Waals surface area contributed by atoms with Crippen molar-refractivity contribution in [3.8, 4) is 0 Å². The third kappa shape index (κ3) is 2.82. The Morgan fingerprint density at radius 2 is 2.35 bits per heavy atom. The molecule has 0 aromatic carbocycles. The molecule has 2 aromatic heterocycles. The first-order valence-electron chi connectivity index (χ1n) is 5.32. The minimum atomic E-state index is -0.146. The van der Waals surface area contributed by atoms with Gasteiger partial charge in [-0.25, -0.2) is 0 Å². The van der Waals surface area contributed by atoms with E-state index in [0.29, 0.717) is 5.56 Å². The van der Waals surface area contributed by atoms with Crippen molar-refractivity contribution in [1.29, 1.82) is 0 Å². The fraction of sp³-hybridized carbons (Fsp3) is 0.167. The molecule has 0 spiro atoms. The standard InChI is InChI=1S/C12H13N3OS/c1-2-14-11-3-5-13-7-10(11)12(16)15-9-4-6-17-8-9/h3-8H,2H2,1H3,(H,13,14)(H,15,16). The van der Waals surface area contributed by atoms with Gasteiger partial charge in [-0.05, 0) is 24.4 Å². The number of hydrogen-bond acceptors (Lipinski definition) is 4. The van der Waals surface area contributed by atoms with E-state index in [1.54, 1.807) is 29.8 Å². The highest BCUT2D eigenvalue weighted by Crippen LogP contribution is 2.17. The average Bonchev–Trinajstić information content (AvgIpc) is 2.83. The number of thiophene rings is 1. The first-order valence-corrected chi connectivity index (χ1v) is 6.27. The van der Waals surface area contributed by atoms with Crippen LogP contribution in [0.5, 0.6) is 0 Å². The van der Waals surface area contributed by atoms with Crippen LogP contribution in [-0.2, 0) is 0 Å². The number of carbonyl (C=O) groups is 1. The van der Waals surface area contributed by atoms with Crippen molar-refractivity contribution >= 4 is 28.6 Å². The molecule has 2 N–H and O–H groups in total. The van der Waals surface area contributed by atoms with Crippen LogP contribution in [0.3, 0.4) is 0 Å². The van der Waals surface area contributed by atoms with E-state index in [1.807, 2.05) is 23.8 Å². The summed E-state index contributed by atoms with van der Waals surface area (Å²) in [7, 11) is 0. The molecule has 88 valence electrons. The van der Waals surface area contributed by atoms with E-state index in [1.165, 1.54) is 0 Å². The van der Waals surface area contributed by atoms with Crippen molar-refractivity contribution in [1.82, 2.24) is 4.98 Å². The van der Waals surface area contributed by atoms with Gasteiger partial charge in [-0.1, -0.05) is 0 Å². The molecular formula is C12H13N3OS. The maximum Gasteiger partial charge on any atom is 0.259 e. The lowest BCUT2D eigenvalue weighted by Crippen LogP contribution is -2.14. The Morgan fingerprint density at radius 3 is 3.06 bits per heavy atom. The smallest absolute Gasteiger partial charge is 0.259 e. The number of carbonyl (C=O) groups excluding carboxylic acids is 1. The van der Waals surface area contributed by atoms with Gasteiger partial charge in [-0.3, -0.25) is 9.78 Å². The van der Waals surface area contributed by atoms with Crippen molar-refractivity contribution in [3.05, 3.63) is 40.8 Å². The summed E-state index contributed by atoms with van der Waals surface area (Å²) in [5.74, 6) is -0.146. The SMILES string of the molecule is CCNc1ccncc1C(=O)Nc1ccsc1. The summed E-state index contributed by atoms with van der Waals surface area (Å²) in [6.07, 6.45) is 3.24. The molecule has 2 rings (SSSR count). The second-order valence-electron chi connectivity index (χ2n) is 3.42. The Labute approximate surface area is 104 Å². The molecule has 0 aliphatic rings. The lowest BCUT2D eigenvalue weighted by molar-refractivity contribution is 0.102. The van der Waals surface area contributed by atoms with E-state index >= 15 is 0 Å². The van der Waals surface area contributed by atoms with Gasteiger partial charge >= 0.3 is 0 Å². The van der Waals surface area contributed by atoms with Crippen LogP contribution in [0.15, 0.2) is 35.3 Å². The van der Waals surface area contributed by atoms with Gasteiger partial charge in [0.05, 0.1) is 16.9 Å². The molecule has 0 fully saturated rings. The lowest BCUT2D eigenvalue weighted by Gasteiger charge is -2.09. The fourth-order valence-electron chi connectivity index (χ4n) is 1.45. The summed E-state index contributed by atoms with van der Waals surface area (Å²) < 4.78 is 0. The monoisotopic (exact) mass is 247 g/mol. The van der Waals surface area contributed by atoms with Gasteiger partial charge in [0.25, 0.3) is 5.91 Å². The summed E-state index contributed by atoms with van der Waals surface area (Å²) in [5, 5.41) is 9.78. The van der Waals surface area contributed by atoms with Crippen LogP contribution in [0, 0.1) is 0 Å². The topological polar surface area (TPSA) is 54.0 Å². The van der Waals surface area contributed by atoms with Crippen molar-refractivity contribution < 1.29 is 4.79 Å². The molecule has 0 aliphatic heterocycles. The highest BCUT2D eigenvalue weighted by atomic mass is 32.1. The van der Waals surface area contributed by atoms with Crippen LogP contribution in [-0.4, -0.2) is 17.4 Å². The van der Waals surface area contributed by atoms with Crippen LogP contribution in [0.2, 0.25) is 0 Å². The van der Waals surface area contributed by atoms with Crippen molar-refractivity contribution in [2.75, 3.05) is 17.2 Å². The maximum atomic E-state index is 12.0. The summed E-state index contributed by atoms with van der Waals surface area (Å²) in [5.41, 5.74) is 2.17. The molecule has 0 bridgehead atoms. The first-order chi connectivity index (χ1) is 8.31. The molecule has 2 heterocycles. The largest absolute Gasteiger partial charge is 0.385 e. The van der Waals surface area contributed by atoms with Gasteiger partial charge < -0.3 is 10.6 Å². The second-order valence-corrected chi connectivity index (χ2v) is 4.20. The van der Waals surface area contributed by atoms with E-state index in [2.05, 4.69) is 15.6 Å². The zero-order chi connectivity index (χ0) is 12.1. The number of amides is 1. The lowest BCUT2D eigenvalue weighted by atomic mass is 10.2. The number of nitrogens with zero attached hydrogens (tertiary/aromatic N) is 1. The predicted octanol–water partition coefficient (Wildman–Crippen LogP) is 2.83. The van der Waals surface area contributed by atoms with Crippen molar-refractivity contribution in [2.24, 2.45) is 0 Å². The van der Waals surface area contributed by atoms with E-state index in [4.69, 9.17) is 0 Å². The van der Waals surface area contributed by atoms with E-state index in [9.17, 15) is 4.79 Å². The molecule has 0 saturated heterocycles. The molecular weight excluding hydrogens is 234 g/mol. The normalized spacial score (nSPS) is 9.94. The van der Waals surface area contributed by atoms with E-state index < -0.39 is 0 Å². The molecule has 1 amide bonds.